The first kappa shape index (κ1) is 38.9. The van der Waals surface area contributed by atoms with Crippen LogP contribution in [0.1, 0.15) is 181 Å². The molecule has 0 saturated carbocycles. The van der Waals surface area contributed by atoms with Crippen molar-refractivity contribution < 1.29 is 4.48 Å². The minimum absolute atomic E-state index is 0.895. The normalized spacial score (nSPS) is 12.8. The van der Waals surface area contributed by atoms with Crippen LogP contribution < -0.4 is 0 Å². The SMILES string of the molecule is CCCCCCCCCCCCCCC=CC=CC[N+](C)(C)C=CC=CCCCCCCCCCCCCCC. The van der Waals surface area contributed by atoms with E-state index in [1.54, 1.807) is 0 Å². The van der Waals surface area contributed by atoms with Crippen molar-refractivity contribution in [1.82, 2.24) is 0 Å². The van der Waals surface area contributed by atoms with Crippen LogP contribution >= 0.6 is 0 Å². The summed E-state index contributed by atoms with van der Waals surface area (Å²) in [5.74, 6) is 0. The van der Waals surface area contributed by atoms with Crippen molar-refractivity contribution in [1.29, 1.82) is 0 Å². The summed E-state index contributed by atoms with van der Waals surface area (Å²) in [4.78, 5) is 0. The van der Waals surface area contributed by atoms with Crippen LogP contribution in [0.5, 0.6) is 0 Å². The fraction of sp³-hybridized carbons (Fsp3) is 0.795. The summed E-state index contributed by atoms with van der Waals surface area (Å²) in [7, 11) is 4.55. The summed E-state index contributed by atoms with van der Waals surface area (Å²) in [5, 5.41) is 0. The zero-order valence-corrected chi connectivity index (χ0v) is 28.2. The maximum atomic E-state index is 2.35. The predicted octanol–water partition coefficient (Wildman–Crippen LogP) is 13.4. The van der Waals surface area contributed by atoms with Crippen molar-refractivity contribution in [3.8, 4) is 0 Å². The number of rotatable bonds is 31. The molecule has 0 aromatic carbocycles. The van der Waals surface area contributed by atoms with Gasteiger partial charge in [0, 0.05) is 0 Å². The number of allylic oxidation sites excluding steroid dienone is 6. The lowest BCUT2D eigenvalue weighted by Crippen LogP contribution is -2.32. The van der Waals surface area contributed by atoms with Crippen molar-refractivity contribution in [2.24, 2.45) is 0 Å². The molecule has 0 unspecified atom stereocenters. The molecule has 0 N–H and O–H groups in total. The summed E-state index contributed by atoms with van der Waals surface area (Å²) in [6.07, 6.45) is 54.9. The van der Waals surface area contributed by atoms with Crippen molar-refractivity contribution in [3.63, 3.8) is 0 Å². The highest BCUT2D eigenvalue weighted by Crippen LogP contribution is 2.14. The minimum Gasteiger partial charge on any atom is -0.299 e. The second kappa shape index (κ2) is 32.4. The van der Waals surface area contributed by atoms with E-state index in [0.29, 0.717) is 0 Å². The first-order valence-corrected chi connectivity index (χ1v) is 18.1. The third-order valence-corrected chi connectivity index (χ3v) is 8.14. The number of hydrogen-bond donors (Lipinski definition) is 0. The smallest absolute Gasteiger partial charge is 0.101 e. The first-order valence-electron chi connectivity index (χ1n) is 18.1. The van der Waals surface area contributed by atoms with E-state index in [1.165, 1.54) is 167 Å². The molecular weight excluding hydrogens is 482 g/mol. The van der Waals surface area contributed by atoms with Crippen molar-refractivity contribution in [2.75, 3.05) is 20.6 Å². The zero-order chi connectivity index (χ0) is 29.2. The Morgan fingerprint density at radius 3 is 1.02 bits per heavy atom. The Hall–Kier alpha value is -1.08. The molecule has 0 aliphatic heterocycles. The number of hydrogen-bond acceptors (Lipinski definition) is 0. The largest absolute Gasteiger partial charge is 0.299 e. The van der Waals surface area contributed by atoms with Crippen LogP contribution in [0.2, 0.25) is 0 Å². The maximum Gasteiger partial charge on any atom is 0.101 e. The lowest BCUT2D eigenvalue weighted by atomic mass is 10.0. The van der Waals surface area contributed by atoms with Crippen molar-refractivity contribution in [3.05, 3.63) is 48.7 Å². The maximum absolute atomic E-state index is 2.35. The molecule has 0 radical (unpaired) electrons. The fourth-order valence-electron chi connectivity index (χ4n) is 5.31. The molecule has 1 nitrogen and oxygen atoms in total. The first-order chi connectivity index (χ1) is 19.6. The third kappa shape index (κ3) is 33.1. The molecule has 0 aromatic rings. The van der Waals surface area contributed by atoms with E-state index in [2.05, 4.69) is 76.7 Å². The molecule has 0 saturated heterocycles. The second-order valence-corrected chi connectivity index (χ2v) is 12.9. The lowest BCUT2D eigenvalue weighted by molar-refractivity contribution is -0.832. The van der Waals surface area contributed by atoms with Gasteiger partial charge in [-0.3, -0.25) is 4.48 Å². The fourth-order valence-corrected chi connectivity index (χ4v) is 5.31. The van der Waals surface area contributed by atoms with Gasteiger partial charge in [-0.25, -0.2) is 0 Å². The molecule has 0 spiro atoms. The average molecular weight is 557 g/mol. The van der Waals surface area contributed by atoms with Crippen LogP contribution in [0.3, 0.4) is 0 Å². The van der Waals surface area contributed by atoms with Crippen LogP contribution in [-0.2, 0) is 0 Å². The summed E-state index contributed by atoms with van der Waals surface area (Å²) in [6, 6.07) is 0. The van der Waals surface area contributed by atoms with Crippen LogP contribution in [-0.4, -0.2) is 25.1 Å². The molecule has 0 aliphatic rings. The quantitative estimate of drug-likeness (QED) is 0.0452. The summed E-state index contributed by atoms with van der Waals surface area (Å²) >= 11 is 0. The van der Waals surface area contributed by atoms with Gasteiger partial charge >= 0.3 is 0 Å². The van der Waals surface area contributed by atoms with Crippen LogP contribution in [0.25, 0.3) is 0 Å². The minimum atomic E-state index is 0.895. The molecular formula is C39H74N+. The summed E-state index contributed by atoms with van der Waals surface area (Å²) in [6.45, 7) is 5.63. The van der Waals surface area contributed by atoms with Gasteiger partial charge in [-0.1, -0.05) is 185 Å². The highest BCUT2D eigenvalue weighted by atomic mass is 15.3. The number of quaternary nitrogens is 1. The predicted molar refractivity (Wildman–Crippen MR) is 185 cm³/mol. The van der Waals surface area contributed by atoms with Gasteiger partial charge < -0.3 is 0 Å². The van der Waals surface area contributed by atoms with E-state index in [-0.39, 0.29) is 0 Å². The van der Waals surface area contributed by atoms with E-state index in [1.807, 2.05) is 0 Å². The van der Waals surface area contributed by atoms with E-state index in [4.69, 9.17) is 0 Å². The summed E-state index contributed by atoms with van der Waals surface area (Å²) < 4.78 is 0.895. The Morgan fingerprint density at radius 1 is 0.350 bits per heavy atom. The molecule has 0 heterocycles. The average Bonchev–Trinajstić information content (AvgIpc) is 2.94. The van der Waals surface area contributed by atoms with E-state index >= 15 is 0 Å². The molecule has 0 atom stereocenters. The van der Waals surface area contributed by atoms with Crippen molar-refractivity contribution in [2.45, 2.75) is 181 Å². The Balaban J connectivity index is 3.56. The Kier molecular flexibility index (Phi) is 31.6. The molecule has 234 valence electrons. The highest BCUT2D eigenvalue weighted by molar-refractivity contribution is 5.03. The molecule has 0 amide bonds. The molecule has 0 rings (SSSR count). The Morgan fingerprint density at radius 2 is 0.650 bits per heavy atom. The van der Waals surface area contributed by atoms with Gasteiger partial charge in [0.05, 0.1) is 20.3 Å². The standard InChI is InChI=1S/C39H74N/c1-5-7-9-11-13-15-17-19-21-23-25-27-29-31-33-35-37-39-40(3,4)38-36-34-32-30-28-26-24-22-20-18-16-14-12-10-8-6-2/h31-38H,5-30,39H2,1-4H3/q+1. The molecule has 1 heteroatoms. The molecule has 0 aliphatic carbocycles. The van der Waals surface area contributed by atoms with Gasteiger partial charge in [-0.15, -0.1) is 0 Å². The van der Waals surface area contributed by atoms with Gasteiger partial charge in [0.25, 0.3) is 0 Å². The van der Waals surface area contributed by atoms with Gasteiger partial charge in [-0.2, -0.15) is 0 Å². The van der Waals surface area contributed by atoms with E-state index in [9.17, 15) is 0 Å². The molecule has 40 heavy (non-hydrogen) atoms. The van der Waals surface area contributed by atoms with Crippen molar-refractivity contribution >= 4 is 0 Å². The van der Waals surface area contributed by atoms with Gasteiger partial charge in [-0.05, 0) is 37.8 Å². The third-order valence-electron chi connectivity index (χ3n) is 8.14. The molecule has 0 bridgehead atoms. The number of likely N-dealkylation sites (N-methyl/N-ethyl adjacent to an activating group) is 1. The number of nitrogens with zero attached hydrogens (tertiary/aromatic N) is 1. The molecule has 0 fully saturated rings. The van der Waals surface area contributed by atoms with Crippen LogP contribution in [0.4, 0.5) is 0 Å². The zero-order valence-electron chi connectivity index (χ0n) is 28.2. The topological polar surface area (TPSA) is 0 Å². The van der Waals surface area contributed by atoms with Crippen LogP contribution in [0, 0.1) is 0 Å². The molecule has 0 aromatic heterocycles. The second-order valence-electron chi connectivity index (χ2n) is 12.9. The highest BCUT2D eigenvalue weighted by Gasteiger charge is 2.06. The monoisotopic (exact) mass is 557 g/mol. The van der Waals surface area contributed by atoms with Gasteiger partial charge in [0.15, 0.2) is 0 Å². The Bertz CT molecular complexity index is 594. The summed E-state index contributed by atoms with van der Waals surface area (Å²) in [5.41, 5.74) is 0. The lowest BCUT2D eigenvalue weighted by Gasteiger charge is -2.22. The van der Waals surface area contributed by atoms with Gasteiger partial charge in [0.1, 0.15) is 6.54 Å². The van der Waals surface area contributed by atoms with E-state index < -0.39 is 0 Å². The number of unbranched alkanes of at least 4 members (excludes halogenated alkanes) is 24. The van der Waals surface area contributed by atoms with Gasteiger partial charge in [0.2, 0.25) is 0 Å². The van der Waals surface area contributed by atoms with Crippen LogP contribution in [0.15, 0.2) is 48.7 Å². The van der Waals surface area contributed by atoms with E-state index in [0.717, 1.165) is 11.0 Å². The Labute approximate surface area is 254 Å².